The van der Waals surface area contributed by atoms with Gasteiger partial charge in [0.25, 0.3) is 0 Å². The summed E-state index contributed by atoms with van der Waals surface area (Å²) in [6, 6.07) is 5.64. The number of carbonyl (C=O) groups excluding carboxylic acids is 1. The molecule has 0 saturated carbocycles. The lowest BCUT2D eigenvalue weighted by atomic mass is 10.1. The molecule has 0 saturated heterocycles. The Morgan fingerprint density at radius 2 is 1.95 bits per heavy atom. The van der Waals surface area contributed by atoms with Crippen molar-refractivity contribution >= 4 is 28.0 Å². The molecule has 1 rings (SSSR count). The molecule has 0 aromatic heterocycles. The maximum atomic E-state index is 12.2. The second-order valence-electron chi connectivity index (χ2n) is 4.84. The minimum atomic E-state index is -3.96. The van der Waals surface area contributed by atoms with E-state index < -0.39 is 27.4 Å². The van der Waals surface area contributed by atoms with Gasteiger partial charge in [-0.1, -0.05) is 12.1 Å². The minimum absolute atomic E-state index is 0.0932. The third-order valence-corrected chi connectivity index (χ3v) is 4.25. The van der Waals surface area contributed by atoms with Crippen LogP contribution >= 0.6 is 0 Å². The Labute approximate surface area is 122 Å². The highest BCUT2D eigenvalue weighted by molar-refractivity contribution is 7.89. The van der Waals surface area contributed by atoms with E-state index in [1.54, 1.807) is 6.07 Å². The van der Waals surface area contributed by atoms with Crippen LogP contribution in [0.1, 0.15) is 19.4 Å². The SMILES string of the molecule is CC(C)(NS(=O)(=O)c1cccc(C=CC(=O)O)c1)C(N)=O. The molecule has 1 amide bonds. The van der Waals surface area contributed by atoms with Gasteiger partial charge in [-0.3, -0.25) is 4.79 Å². The number of rotatable bonds is 6. The summed E-state index contributed by atoms with van der Waals surface area (Å²) in [4.78, 5) is 21.5. The number of carbonyl (C=O) groups is 2. The summed E-state index contributed by atoms with van der Waals surface area (Å²) < 4.78 is 26.6. The molecule has 0 radical (unpaired) electrons. The molecule has 0 unspecified atom stereocenters. The largest absolute Gasteiger partial charge is 0.478 e. The van der Waals surface area contributed by atoms with E-state index >= 15 is 0 Å². The maximum absolute atomic E-state index is 12.2. The van der Waals surface area contributed by atoms with Crippen LogP contribution in [0.3, 0.4) is 0 Å². The van der Waals surface area contributed by atoms with Gasteiger partial charge in [0, 0.05) is 6.08 Å². The Balaban J connectivity index is 3.13. The van der Waals surface area contributed by atoms with E-state index in [0.29, 0.717) is 5.56 Å². The standard InChI is InChI=1S/C13H16N2O5S/c1-13(2,12(14)18)15-21(19,20)10-5-3-4-9(8-10)6-7-11(16)17/h3-8,15H,1-2H3,(H2,14,18)(H,16,17). The summed E-state index contributed by atoms with van der Waals surface area (Å²) in [7, 11) is -3.96. The monoisotopic (exact) mass is 312 g/mol. The topological polar surface area (TPSA) is 127 Å². The number of benzene rings is 1. The van der Waals surface area contributed by atoms with Crippen molar-refractivity contribution in [1.82, 2.24) is 4.72 Å². The Morgan fingerprint density at radius 1 is 1.33 bits per heavy atom. The smallest absolute Gasteiger partial charge is 0.328 e. The van der Waals surface area contributed by atoms with Gasteiger partial charge >= 0.3 is 5.97 Å². The first-order valence-corrected chi connectivity index (χ1v) is 7.38. The van der Waals surface area contributed by atoms with Gasteiger partial charge < -0.3 is 10.8 Å². The van der Waals surface area contributed by atoms with Crippen LogP contribution in [0.5, 0.6) is 0 Å². The molecule has 0 heterocycles. The third kappa shape index (κ3) is 4.69. The van der Waals surface area contributed by atoms with Crippen LogP contribution in [-0.4, -0.2) is 30.9 Å². The number of nitrogens with two attached hydrogens (primary N) is 1. The molecule has 21 heavy (non-hydrogen) atoms. The number of carboxylic acids is 1. The molecule has 114 valence electrons. The third-order valence-electron chi connectivity index (χ3n) is 2.59. The lowest BCUT2D eigenvalue weighted by molar-refractivity contribution is -0.131. The van der Waals surface area contributed by atoms with E-state index in [1.807, 2.05) is 0 Å². The number of hydrogen-bond donors (Lipinski definition) is 3. The Hall–Kier alpha value is -2.19. The number of carboxylic acid groups (broad SMARTS) is 1. The summed E-state index contributed by atoms with van der Waals surface area (Å²) in [5.74, 6) is -1.95. The van der Waals surface area contributed by atoms with Crippen LogP contribution in [0.4, 0.5) is 0 Å². The molecule has 0 aliphatic rings. The molecule has 1 aromatic carbocycles. The molecule has 0 bridgehead atoms. The molecule has 7 nitrogen and oxygen atoms in total. The second-order valence-corrected chi connectivity index (χ2v) is 6.52. The maximum Gasteiger partial charge on any atom is 0.328 e. The zero-order valence-corrected chi connectivity index (χ0v) is 12.3. The van der Waals surface area contributed by atoms with Gasteiger partial charge in [-0.15, -0.1) is 0 Å². The first-order valence-electron chi connectivity index (χ1n) is 5.89. The summed E-state index contributed by atoms with van der Waals surface area (Å²) in [5.41, 5.74) is 4.09. The number of hydrogen-bond acceptors (Lipinski definition) is 4. The van der Waals surface area contributed by atoms with E-state index in [9.17, 15) is 18.0 Å². The minimum Gasteiger partial charge on any atom is -0.478 e. The highest BCUT2D eigenvalue weighted by Crippen LogP contribution is 2.15. The van der Waals surface area contributed by atoms with E-state index in [0.717, 1.165) is 6.08 Å². The van der Waals surface area contributed by atoms with Crippen LogP contribution in [0.15, 0.2) is 35.2 Å². The average Bonchev–Trinajstić information content (AvgIpc) is 2.35. The van der Waals surface area contributed by atoms with Gasteiger partial charge in [0.05, 0.1) is 4.90 Å². The molecule has 0 spiro atoms. The summed E-state index contributed by atoms with van der Waals surface area (Å²) >= 11 is 0. The van der Waals surface area contributed by atoms with Crippen LogP contribution < -0.4 is 10.5 Å². The van der Waals surface area contributed by atoms with E-state index in [2.05, 4.69) is 4.72 Å². The van der Waals surface area contributed by atoms with Crippen molar-refractivity contribution in [3.63, 3.8) is 0 Å². The Kier molecular flexibility index (Phi) is 4.87. The first kappa shape index (κ1) is 16.9. The highest BCUT2D eigenvalue weighted by atomic mass is 32.2. The van der Waals surface area contributed by atoms with Crippen LogP contribution in [0.2, 0.25) is 0 Å². The van der Waals surface area contributed by atoms with Crippen molar-refractivity contribution in [2.75, 3.05) is 0 Å². The molecule has 0 aliphatic carbocycles. The van der Waals surface area contributed by atoms with E-state index in [-0.39, 0.29) is 4.90 Å². The zero-order chi connectivity index (χ0) is 16.3. The number of nitrogens with one attached hydrogen (secondary N) is 1. The fourth-order valence-corrected chi connectivity index (χ4v) is 2.84. The van der Waals surface area contributed by atoms with Gasteiger partial charge in [0.2, 0.25) is 15.9 Å². The zero-order valence-electron chi connectivity index (χ0n) is 11.5. The molecular formula is C13H16N2O5S. The van der Waals surface area contributed by atoms with E-state index in [1.165, 1.54) is 38.1 Å². The summed E-state index contributed by atoms with van der Waals surface area (Å²) in [5, 5.41) is 8.55. The number of amides is 1. The quantitative estimate of drug-likeness (QED) is 0.652. The molecule has 0 aliphatic heterocycles. The lowest BCUT2D eigenvalue weighted by Gasteiger charge is -2.22. The number of aliphatic carboxylic acids is 1. The normalized spacial score (nSPS) is 12.5. The van der Waals surface area contributed by atoms with Crippen molar-refractivity contribution in [2.24, 2.45) is 5.73 Å². The molecule has 0 atom stereocenters. The summed E-state index contributed by atoms with van der Waals surface area (Å²) in [6.45, 7) is 2.70. The summed E-state index contributed by atoms with van der Waals surface area (Å²) in [6.07, 6.45) is 2.16. The molecule has 1 aromatic rings. The molecule has 4 N–H and O–H groups in total. The van der Waals surface area contributed by atoms with E-state index in [4.69, 9.17) is 10.8 Å². The Bertz CT molecular complexity index is 692. The van der Waals surface area contributed by atoms with Gasteiger partial charge in [0.15, 0.2) is 0 Å². The van der Waals surface area contributed by atoms with Crippen molar-refractivity contribution < 1.29 is 23.1 Å². The molecule has 0 fully saturated rings. The van der Waals surface area contributed by atoms with Crippen molar-refractivity contribution in [3.05, 3.63) is 35.9 Å². The highest BCUT2D eigenvalue weighted by Gasteiger charge is 2.31. The molecular weight excluding hydrogens is 296 g/mol. The van der Waals surface area contributed by atoms with Crippen molar-refractivity contribution in [1.29, 1.82) is 0 Å². The predicted octanol–water partition coefficient (Wildman–Crippen LogP) is 0.327. The van der Waals surface area contributed by atoms with Crippen LogP contribution in [0.25, 0.3) is 6.08 Å². The number of sulfonamides is 1. The van der Waals surface area contributed by atoms with Gasteiger partial charge in [-0.25, -0.2) is 13.2 Å². The number of primary amides is 1. The second kappa shape index (κ2) is 6.06. The lowest BCUT2D eigenvalue weighted by Crippen LogP contribution is -2.52. The average molecular weight is 312 g/mol. The van der Waals surface area contributed by atoms with Crippen molar-refractivity contribution in [2.45, 2.75) is 24.3 Å². The Morgan fingerprint density at radius 3 is 2.48 bits per heavy atom. The van der Waals surface area contributed by atoms with Gasteiger partial charge in [0.1, 0.15) is 5.54 Å². The van der Waals surface area contributed by atoms with Gasteiger partial charge in [-0.05, 0) is 37.6 Å². The molecule has 8 heteroatoms. The first-order chi connectivity index (χ1) is 9.54. The predicted molar refractivity (Wildman–Crippen MR) is 76.7 cm³/mol. The fraction of sp³-hybridized carbons (Fsp3) is 0.231. The van der Waals surface area contributed by atoms with Gasteiger partial charge in [-0.2, -0.15) is 4.72 Å². The van der Waals surface area contributed by atoms with Crippen LogP contribution in [0, 0.1) is 0 Å². The van der Waals surface area contributed by atoms with Crippen molar-refractivity contribution in [3.8, 4) is 0 Å². The fourth-order valence-electron chi connectivity index (χ4n) is 1.40. The van der Waals surface area contributed by atoms with Crippen LogP contribution in [-0.2, 0) is 19.6 Å².